The van der Waals surface area contributed by atoms with Crippen molar-refractivity contribution in [3.8, 4) is 5.75 Å². The molecule has 1 fully saturated rings. The largest absolute Gasteiger partial charge is 0.493 e. The number of benzene rings is 1. The van der Waals surface area contributed by atoms with Crippen LogP contribution >= 0.6 is 0 Å². The lowest BCUT2D eigenvalue weighted by Gasteiger charge is -2.36. The van der Waals surface area contributed by atoms with Gasteiger partial charge in [-0.15, -0.1) is 0 Å². The molecular weight excluding hydrogens is 250 g/mol. The Morgan fingerprint density at radius 2 is 2.15 bits per heavy atom. The molecule has 0 aliphatic carbocycles. The second-order valence-corrected chi connectivity index (χ2v) is 5.96. The summed E-state index contributed by atoms with van der Waals surface area (Å²) in [7, 11) is 0. The van der Waals surface area contributed by atoms with Gasteiger partial charge in [0.05, 0.1) is 12.2 Å². The monoisotopic (exact) mass is 273 g/mol. The van der Waals surface area contributed by atoms with Gasteiger partial charge in [0.2, 0.25) is 0 Å². The van der Waals surface area contributed by atoms with E-state index >= 15 is 0 Å². The third kappa shape index (κ3) is 2.24. The molecule has 1 aromatic carbocycles. The number of hydrogen-bond acceptors (Lipinski definition) is 3. The third-order valence-corrected chi connectivity index (χ3v) is 4.90. The summed E-state index contributed by atoms with van der Waals surface area (Å²) in [4.78, 5) is 13.1. The molecular formula is C17H23NO2. The minimum atomic E-state index is -0.193. The molecule has 0 unspecified atom stereocenters. The van der Waals surface area contributed by atoms with Crippen molar-refractivity contribution in [2.24, 2.45) is 5.41 Å². The molecule has 0 radical (unpaired) electrons. The van der Waals surface area contributed by atoms with E-state index in [9.17, 15) is 4.79 Å². The van der Waals surface area contributed by atoms with Gasteiger partial charge in [0.25, 0.3) is 0 Å². The van der Waals surface area contributed by atoms with Crippen LogP contribution in [0.4, 0.5) is 0 Å². The first-order chi connectivity index (χ1) is 9.77. The maximum Gasteiger partial charge on any atom is 0.172 e. The van der Waals surface area contributed by atoms with Crippen LogP contribution in [0.5, 0.6) is 5.75 Å². The average molecular weight is 273 g/mol. The first kappa shape index (κ1) is 13.6. The highest BCUT2D eigenvalue weighted by atomic mass is 16.5. The molecule has 0 bridgehead atoms. The molecule has 1 saturated heterocycles. The van der Waals surface area contributed by atoms with Crippen molar-refractivity contribution < 1.29 is 9.53 Å². The first-order valence-electron chi connectivity index (χ1n) is 7.77. The van der Waals surface area contributed by atoms with Crippen LogP contribution < -0.4 is 10.1 Å². The van der Waals surface area contributed by atoms with Gasteiger partial charge in [-0.3, -0.25) is 4.79 Å². The predicted molar refractivity (Wildman–Crippen MR) is 79.4 cm³/mol. The van der Waals surface area contributed by atoms with Crippen molar-refractivity contribution >= 4 is 5.78 Å². The molecule has 0 aromatic heterocycles. The van der Waals surface area contributed by atoms with Crippen LogP contribution in [0.1, 0.15) is 48.5 Å². The van der Waals surface area contributed by atoms with Gasteiger partial charge in [-0.05, 0) is 56.8 Å². The first-order valence-corrected chi connectivity index (χ1v) is 7.77. The highest BCUT2D eigenvalue weighted by Crippen LogP contribution is 2.40. The second kappa shape index (κ2) is 5.57. The van der Waals surface area contributed by atoms with Gasteiger partial charge in [-0.25, -0.2) is 0 Å². The average Bonchev–Trinajstić information content (AvgIpc) is 2.54. The van der Waals surface area contributed by atoms with Crippen LogP contribution in [-0.2, 0) is 6.42 Å². The molecule has 3 heteroatoms. The SMILES string of the molecule is CCC1(C(=O)c2cccc3c2OCCC3)CCNCC1. The summed E-state index contributed by atoms with van der Waals surface area (Å²) < 4.78 is 5.82. The van der Waals surface area contributed by atoms with E-state index in [1.165, 1.54) is 5.56 Å². The summed E-state index contributed by atoms with van der Waals surface area (Å²) in [6, 6.07) is 6.05. The normalized spacial score (nSPS) is 20.9. The van der Waals surface area contributed by atoms with Crippen LogP contribution in [0, 0.1) is 5.41 Å². The molecule has 20 heavy (non-hydrogen) atoms. The Morgan fingerprint density at radius 1 is 1.35 bits per heavy atom. The van der Waals surface area contributed by atoms with Crippen LogP contribution in [0.25, 0.3) is 0 Å². The predicted octanol–water partition coefficient (Wildman–Crippen LogP) is 2.97. The summed E-state index contributed by atoms with van der Waals surface area (Å²) in [5.74, 6) is 1.15. The summed E-state index contributed by atoms with van der Waals surface area (Å²) in [6.07, 6.45) is 4.86. The van der Waals surface area contributed by atoms with Crippen LogP contribution in [0.15, 0.2) is 18.2 Å². The Hall–Kier alpha value is -1.35. The molecule has 108 valence electrons. The minimum Gasteiger partial charge on any atom is -0.493 e. The summed E-state index contributed by atoms with van der Waals surface area (Å²) in [6.45, 7) is 4.75. The lowest BCUT2D eigenvalue weighted by Crippen LogP contribution is -2.42. The summed E-state index contributed by atoms with van der Waals surface area (Å²) >= 11 is 0. The van der Waals surface area contributed by atoms with E-state index < -0.39 is 0 Å². The van der Waals surface area contributed by atoms with Crippen molar-refractivity contribution in [3.05, 3.63) is 29.3 Å². The number of para-hydroxylation sites is 1. The van der Waals surface area contributed by atoms with Crippen molar-refractivity contribution in [2.45, 2.75) is 39.0 Å². The Morgan fingerprint density at radius 3 is 2.90 bits per heavy atom. The van der Waals surface area contributed by atoms with Gasteiger partial charge < -0.3 is 10.1 Å². The zero-order valence-electron chi connectivity index (χ0n) is 12.2. The number of carbonyl (C=O) groups excluding carboxylic acids is 1. The van der Waals surface area contributed by atoms with E-state index in [1.807, 2.05) is 12.1 Å². The molecule has 0 amide bonds. The lowest BCUT2D eigenvalue weighted by molar-refractivity contribution is 0.0712. The van der Waals surface area contributed by atoms with E-state index in [-0.39, 0.29) is 5.41 Å². The minimum absolute atomic E-state index is 0.193. The topological polar surface area (TPSA) is 38.3 Å². The molecule has 0 atom stereocenters. The molecule has 0 spiro atoms. The number of piperidine rings is 1. The number of carbonyl (C=O) groups is 1. The zero-order valence-corrected chi connectivity index (χ0v) is 12.2. The summed E-state index contributed by atoms with van der Waals surface area (Å²) in [5.41, 5.74) is 1.81. The zero-order chi connectivity index (χ0) is 14.0. The van der Waals surface area contributed by atoms with Crippen molar-refractivity contribution in [1.82, 2.24) is 5.32 Å². The lowest BCUT2D eigenvalue weighted by atomic mass is 9.71. The molecule has 1 N–H and O–H groups in total. The van der Waals surface area contributed by atoms with Gasteiger partial charge in [0.15, 0.2) is 5.78 Å². The number of rotatable bonds is 3. The number of aryl methyl sites for hydroxylation is 1. The Kier molecular flexibility index (Phi) is 3.79. The van der Waals surface area contributed by atoms with Gasteiger partial charge in [-0.1, -0.05) is 19.1 Å². The van der Waals surface area contributed by atoms with Crippen molar-refractivity contribution in [2.75, 3.05) is 19.7 Å². The standard InChI is InChI=1S/C17H23NO2/c1-2-17(8-10-18-11-9-17)16(19)14-7-3-5-13-6-4-12-20-15(13)14/h3,5,7,18H,2,4,6,8-12H2,1H3. The molecule has 2 aliphatic rings. The van der Waals surface area contributed by atoms with Crippen LogP contribution in [0.3, 0.4) is 0 Å². The summed E-state index contributed by atoms with van der Waals surface area (Å²) in [5, 5.41) is 3.36. The number of Topliss-reactive ketones (excluding diaryl/α,β-unsaturated/α-hetero) is 1. The van der Waals surface area contributed by atoms with Crippen molar-refractivity contribution in [3.63, 3.8) is 0 Å². The van der Waals surface area contributed by atoms with Crippen molar-refractivity contribution in [1.29, 1.82) is 0 Å². The van der Waals surface area contributed by atoms with Crippen LogP contribution in [-0.4, -0.2) is 25.5 Å². The fourth-order valence-electron chi connectivity index (χ4n) is 3.50. The van der Waals surface area contributed by atoms with E-state index in [0.717, 1.165) is 63.1 Å². The molecule has 2 aliphatic heterocycles. The number of ketones is 1. The Balaban J connectivity index is 1.97. The fourth-order valence-corrected chi connectivity index (χ4v) is 3.50. The van der Waals surface area contributed by atoms with E-state index in [0.29, 0.717) is 5.78 Å². The molecule has 3 nitrogen and oxygen atoms in total. The van der Waals surface area contributed by atoms with Gasteiger partial charge >= 0.3 is 0 Å². The maximum atomic E-state index is 13.1. The highest BCUT2D eigenvalue weighted by Gasteiger charge is 2.39. The third-order valence-electron chi connectivity index (χ3n) is 4.90. The van der Waals surface area contributed by atoms with E-state index in [1.54, 1.807) is 0 Å². The van der Waals surface area contributed by atoms with Crippen LogP contribution in [0.2, 0.25) is 0 Å². The fraction of sp³-hybridized carbons (Fsp3) is 0.588. The smallest absolute Gasteiger partial charge is 0.172 e. The Bertz CT molecular complexity index is 504. The number of hydrogen-bond donors (Lipinski definition) is 1. The number of nitrogens with one attached hydrogen (secondary N) is 1. The number of ether oxygens (including phenoxy) is 1. The quantitative estimate of drug-likeness (QED) is 0.860. The highest BCUT2D eigenvalue weighted by molar-refractivity contribution is 6.03. The number of fused-ring (bicyclic) bond motifs is 1. The molecule has 3 rings (SSSR count). The molecule has 2 heterocycles. The Labute approximate surface area is 120 Å². The molecule has 1 aromatic rings. The van der Waals surface area contributed by atoms with Gasteiger partial charge in [0, 0.05) is 5.41 Å². The van der Waals surface area contributed by atoms with E-state index in [2.05, 4.69) is 18.3 Å². The second-order valence-electron chi connectivity index (χ2n) is 5.96. The van der Waals surface area contributed by atoms with E-state index in [4.69, 9.17) is 4.74 Å². The maximum absolute atomic E-state index is 13.1. The molecule has 0 saturated carbocycles. The van der Waals surface area contributed by atoms with Gasteiger partial charge in [0.1, 0.15) is 5.75 Å². The van der Waals surface area contributed by atoms with Gasteiger partial charge in [-0.2, -0.15) is 0 Å².